The lowest BCUT2D eigenvalue weighted by molar-refractivity contribution is -0.181. The molecule has 7 nitrogen and oxygen atoms in total. The number of ether oxygens (including phenoxy) is 2. The van der Waals surface area contributed by atoms with E-state index in [-0.39, 0.29) is 36.5 Å². The highest BCUT2D eigenvalue weighted by molar-refractivity contribution is 5.81. The lowest BCUT2D eigenvalue weighted by Crippen LogP contribution is -2.43. The van der Waals surface area contributed by atoms with E-state index < -0.39 is 30.4 Å². The molecule has 0 saturated carbocycles. The van der Waals surface area contributed by atoms with Crippen LogP contribution in [0.3, 0.4) is 0 Å². The fourth-order valence-electron chi connectivity index (χ4n) is 3.22. The van der Waals surface area contributed by atoms with Gasteiger partial charge in [0.05, 0.1) is 5.92 Å². The van der Waals surface area contributed by atoms with Crippen molar-refractivity contribution in [3.05, 3.63) is 35.6 Å². The molecule has 1 aromatic carbocycles. The number of likely N-dealkylation sites (tertiary alicyclic amines) is 1. The smallest absolute Gasteiger partial charge is 0.413 e. The third-order valence-electron chi connectivity index (χ3n) is 4.79. The molecule has 1 heterocycles. The number of halogens is 1. The molecule has 0 spiro atoms. The molecule has 29 heavy (non-hydrogen) atoms. The lowest BCUT2D eigenvalue weighted by Gasteiger charge is -2.27. The summed E-state index contributed by atoms with van der Waals surface area (Å²) < 4.78 is 24.0. The summed E-state index contributed by atoms with van der Waals surface area (Å²) in [6, 6.07) is 5.05. The van der Waals surface area contributed by atoms with E-state index in [9.17, 15) is 23.9 Å². The molecule has 8 heteroatoms. The number of esters is 1. The van der Waals surface area contributed by atoms with Gasteiger partial charge in [-0.15, -0.1) is 0 Å². The summed E-state index contributed by atoms with van der Waals surface area (Å²) in [7, 11) is 0. The van der Waals surface area contributed by atoms with Crippen molar-refractivity contribution >= 4 is 18.0 Å². The predicted octanol–water partition coefficient (Wildman–Crippen LogP) is 3.46. The van der Waals surface area contributed by atoms with E-state index in [2.05, 4.69) is 0 Å². The highest BCUT2D eigenvalue weighted by Crippen LogP contribution is 2.28. The van der Waals surface area contributed by atoms with Gasteiger partial charge in [0.25, 0.3) is 6.29 Å². The Morgan fingerprint density at radius 3 is 2.45 bits per heavy atom. The first-order valence-electron chi connectivity index (χ1n) is 9.73. The third kappa shape index (κ3) is 6.17. The SMILES string of the molecule is CC(C)C(=O)O[C@H](OC(=O)N1C[C@@H](Cc2cccc(F)c2)C[C@H]1C(=O)O)C(C)C. The standard InChI is InChI=1S/C21H28FNO6/c1-12(2)19(26)28-20(13(3)4)29-21(27)23-11-15(10-17(23)18(24)25)8-14-6-5-7-16(22)9-14/h5-7,9,12-13,15,17,20H,8,10-11H2,1-4H3,(H,24,25)/t15-,17-,20+/m0/s1. The van der Waals surface area contributed by atoms with Crippen LogP contribution in [0.2, 0.25) is 0 Å². The molecule has 1 aliphatic heterocycles. The van der Waals surface area contributed by atoms with Crippen LogP contribution in [0.1, 0.15) is 39.7 Å². The van der Waals surface area contributed by atoms with Crippen LogP contribution in [-0.2, 0) is 25.5 Å². The summed E-state index contributed by atoms with van der Waals surface area (Å²) in [4.78, 5) is 37.3. The van der Waals surface area contributed by atoms with E-state index in [0.29, 0.717) is 6.42 Å². The highest BCUT2D eigenvalue weighted by atomic mass is 19.1. The zero-order chi connectivity index (χ0) is 21.7. The minimum Gasteiger partial charge on any atom is -0.480 e. The lowest BCUT2D eigenvalue weighted by atomic mass is 9.97. The highest BCUT2D eigenvalue weighted by Gasteiger charge is 2.41. The van der Waals surface area contributed by atoms with Crippen LogP contribution in [0, 0.1) is 23.6 Å². The fourth-order valence-corrected chi connectivity index (χ4v) is 3.22. The Hall–Kier alpha value is -2.64. The molecule has 0 aliphatic carbocycles. The first kappa shape index (κ1) is 22.6. The number of aliphatic carboxylic acids is 1. The molecule has 0 aromatic heterocycles. The molecule has 0 unspecified atom stereocenters. The first-order valence-corrected chi connectivity index (χ1v) is 9.73. The second-order valence-electron chi connectivity index (χ2n) is 8.03. The van der Waals surface area contributed by atoms with Gasteiger partial charge in [-0.1, -0.05) is 39.8 Å². The number of hydrogen-bond donors (Lipinski definition) is 1. The maximum atomic E-state index is 13.4. The quantitative estimate of drug-likeness (QED) is 0.548. The van der Waals surface area contributed by atoms with E-state index in [1.165, 1.54) is 12.1 Å². The molecular formula is C21H28FNO6. The summed E-state index contributed by atoms with van der Waals surface area (Å²) in [5.41, 5.74) is 0.736. The summed E-state index contributed by atoms with van der Waals surface area (Å²) in [6.45, 7) is 6.96. The number of nitrogens with zero attached hydrogens (tertiary/aromatic N) is 1. The zero-order valence-electron chi connectivity index (χ0n) is 17.1. The second-order valence-corrected chi connectivity index (χ2v) is 8.03. The van der Waals surface area contributed by atoms with Gasteiger partial charge in [-0.2, -0.15) is 0 Å². The van der Waals surface area contributed by atoms with E-state index in [0.717, 1.165) is 10.5 Å². The van der Waals surface area contributed by atoms with Gasteiger partial charge in [0.1, 0.15) is 11.9 Å². The van der Waals surface area contributed by atoms with Crippen molar-refractivity contribution in [2.75, 3.05) is 6.54 Å². The van der Waals surface area contributed by atoms with Crippen molar-refractivity contribution in [2.45, 2.75) is 52.9 Å². The molecule has 1 aliphatic rings. The number of rotatable bonds is 7. The van der Waals surface area contributed by atoms with Gasteiger partial charge in [-0.3, -0.25) is 9.69 Å². The van der Waals surface area contributed by atoms with Crippen LogP contribution in [-0.4, -0.2) is 46.9 Å². The summed E-state index contributed by atoms with van der Waals surface area (Å²) in [6.07, 6.45) is -1.26. The Kier molecular flexibility index (Phi) is 7.59. The molecule has 0 radical (unpaired) electrons. The number of benzene rings is 1. The van der Waals surface area contributed by atoms with Gasteiger partial charge in [0, 0.05) is 12.5 Å². The van der Waals surface area contributed by atoms with E-state index in [4.69, 9.17) is 9.47 Å². The summed E-state index contributed by atoms with van der Waals surface area (Å²) in [5, 5.41) is 9.53. The van der Waals surface area contributed by atoms with Gasteiger partial charge < -0.3 is 14.6 Å². The van der Waals surface area contributed by atoms with Gasteiger partial charge >= 0.3 is 18.0 Å². The molecule has 1 amide bonds. The molecule has 0 bridgehead atoms. The molecule has 2 rings (SSSR count). The van der Waals surface area contributed by atoms with Crippen LogP contribution in [0.5, 0.6) is 0 Å². The molecule has 1 saturated heterocycles. The topological polar surface area (TPSA) is 93.1 Å². The van der Waals surface area contributed by atoms with E-state index in [1.54, 1.807) is 39.8 Å². The van der Waals surface area contributed by atoms with Crippen molar-refractivity contribution in [1.29, 1.82) is 0 Å². The normalized spacial score (nSPS) is 20.0. The van der Waals surface area contributed by atoms with Gasteiger partial charge in [0.15, 0.2) is 0 Å². The first-order chi connectivity index (χ1) is 13.6. The Bertz CT molecular complexity index is 750. The van der Waals surface area contributed by atoms with Gasteiger partial charge in [0.2, 0.25) is 0 Å². The Morgan fingerprint density at radius 2 is 1.90 bits per heavy atom. The second kappa shape index (κ2) is 9.71. The van der Waals surface area contributed by atoms with Crippen LogP contribution in [0.25, 0.3) is 0 Å². The van der Waals surface area contributed by atoms with Crippen LogP contribution in [0.4, 0.5) is 9.18 Å². The molecule has 160 valence electrons. The Balaban J connectivity index is 2.08. The predicted molar refractivity (Wildman–Crippen MR) is 102 cm³/mol. The largest absolute Gasteiger partial charge is 0.480 e. The fraction of sp³-hybridized carbons (Fsp3) is 0.571. The Labute approximate surface area is 169 Å². The van der Waals surface area contributed by atoms with Gasteiger partial charge in [-0.25, -0.2) is 14.0 Å². The monoisotopic (exact) mass is 409 g/mol. The van der Waals surface area contributed by atoms with Crippen molar-refractivity contribution in [2.24, 2.45) is 17.8 Å². The average Bonchev–Trinajstić information content (AvgIpc) is 3.05. The van der Waals surface area contributed by atoms with Crippen LogP contribution >= 0.6 is 0 Å². The minimum atomic E-state index is -1.14. The number of amides is 1. The van der Waals surface area contributed by atoms with E-state index >= 15 is 0 Å². The zero-order valence-corrected chi connectivity index (χ0v) is 17.1. The summed E-state index contributed by atoms with van der Waals surface area (Å²) >= 11 is 0. The van der Waals surface area contributed by atoms with Crippen LogP contribution < -0.4 is 0 Å². The molecule has 1 N–H and O–H groups in total. The molecule has 3 atom stereocenters. The van der Waals surface area contributed by atoms with Crippen molar-refractivity contribution in [1.82, 2.24) is 4.90 Å². The molecule has 1 fully saturated rings. The maximum Gasteiger partial charge on any atom is 0.413 e. The van der Waals surface area contributed by atoms with E-state index in [1.807, 2.05) is 0 Å². The Morgan fingerprint density at radius 1 is 1.21 bits per heavy atom. The summed E-state index contributed by atoms with van der Waals surface area (Å²) in [5.74, 6) is -2.83. The minimum absolute atomic E-state index is 0.152. The molecular weight excluding hydrogens is 381 g/mol. The number of carboxylic acid groups (broad SMARTS) is 1. The number of carbonyl (C=O) groups is 3. The van der Waals surface area contributed by atoms with Crippen LogP contribution in [0.15, 0.2) is 24.3 Å². The third-order valence-corrected chi connectivity index (χ3v) is 4.79. The average molecular weight is 409 g/mol. The van der Waals surface area contributed by atoms with Crippen molar-refractivity contribution in [3.8, 4) is 0 Å². The van der Waals surface area contributed by atoms with Gasteiger partial charge in [-0.05, 0) is 36.5 Å². The molecule has 1 aromatic rings. The number of carbonyl (C=O) groups excluding carboxylic acids is 2. The maximum absolute atomic E-state index is 13.4. The number of carboxylic acids is 1. The van der Waals surface area contributed by atoms with Crippen molar-refractivity contribution < 1.29 is 33.4 Å². The van der Waals surface area contributed by atoms with Crippen molar-refractivity contribution in [3.63, 3.8) is 0 Å². The number of hydrogen-bond acceptors (Lipinski definition) is 5.